The molecule has 5 heteroatoms. The summed E-state index contributed by atoms with van der Waals surface area (Å²) in [5.41, 5.74) is 0. The molecule has 0 radical (unpaired) electrons. The Kier molecular flexibility index (Phi) is 6.77. The fraction of sp³-hybridized carbons (Fsp3) is 0.917. The van der Waals surface area contributed by atoms with Gasteiger partial charge in [-0.1, -0.05) is 40.0 Å². The molecule has 0 spiro atoms. The Balaban J connectivity index is 2.50. The first-order valence-corrected chi connectivity index (χ1v) is 6.77. The van der Waals surface area contributed by atoms with Gasteiger partial charge >= 0.3 is 0 Å². The summed E-state index contributed by atoms with van der Waals surface area (Å²) in [7, 11) is 0. The van der Waals surface area contributed by atoms with Crippen LogP contribution in [-0.4, -0.2) is 26.8 Å². The highest BCUT2D eigenvalue weighted by Crippen LogP contribution is 2.14. The zero-order valence-electron chi connectivity index (χ0n) is 11.3. The topological polar surface area (TPSA) is 55.6 Å². The van der Waals surface area contributed by atoms with Crippen molar-refractivity contribution in [3.05, 3.63) is 5.82 Å². The van der Waals surface area contributed by atoms with Gasteiger partial charge in [-0.25, -0.2) is 4.68 Å². The van der Waals surface area contributed by atoms with E-state index in [1.165, 1.54) is 25.7 Å². The number of tetrazole rings is 1. The Hall–Kier alpha value is -0.970. The maximum atomic E-state index is 4.08. The lowest BCUT2D eigenvalue weighted by molar-refractivity contribution is 0.359. The summed E-state index contributed by atoms with van der Waals surface area (Å²) in [5.74, 6) is 1.64. The van der Waals surface area contributed by atoms with Crippen molar-refractivity contribution >= 4 is 0 Å². The molecule has 0 fully saturated rings. The van der Waals surface area contributed by atoms with E-state index in [4.69, 9.17) is 0 Å². The SMILES string of the molecule is CCCCC(CC)Cn1nnnc1CNCC. The van der Waals surface area contributed by atoms with Gasteiger partial charge in [0.05, 0.1) is 6.54 Å². The number of nitrogens with one attached hydrogen (secondary N) is 1. The van der Waals surface area contributed by atoms with Crippen molar-refractivity contribution in [2.75, 3.05) is 6.54 Å². The summed E-state index contributed by atoms with van der Waals surface area (Å²) in [6.45, 7) is 9.22. The number of hydrogen-bond acceptors (Lipinski definition) is 4. The molecule has 1 heterocycles. The van der Waals surface area contributed by atoms with Crippen molar-refractivity contribution in [1.29, 1.82) is 0 Å². The van der Waals surface area contributed by atoms with E-state index in [1.807, 2.05) is 4.68 Å². The van der Waals surface area contributed by atoms with Crippen molar-refractivity contribution in [2.45, 2.75) is 59.5 Å². The molecule has 17 heavy (non-hydrogen) atoms. The van der Waals surface area contributed by atoms with Crippen LogP contribution in [0.1, 0.15) is 52.3 Å². The molecular formula is C12H25N5. The molecule has 0 amide bonds. The highest BCUT2D eigenvalue weighted by molar-refractivity contribution is 4.80. The van der Waals surface area contributed by atoms with Gasteiger partial charge in [-0.15, -0.1) is 5.10 Å². The fourth-order valence-electron chi connectivity index (χ4n) is 1.89. The third-order valence-corrected chi connectivity index (χ3v) is 3.11. The Morgan fingerprint density at radius 1 is 1.29 bits per heavy atom. The van der Waals surface area contributed by atoms with Crippen molar-refractivity contribution in [3.63, 3.8) is 0 Å². The molecular weight excluding hydrogens is 214 g/mol. The molecule has 5 nitrogen and oxygen atoms in total. The van der Waals surface area contributed by atoms with Gasteiger partial charge in [0.2, 0.25) is 0 Å². The number of unbranched alkanes of at least 4 members (excludes halogenated alkanes) is 1. The van der Waals surface area contributed by atoms with E-state index < -0.39 is 0 Å². The summed E-state index contributed by atoms with van der Waals surface area (Å²) < 4.78 is 1.95. The minimum absolute atomic E-state index is 0.693. The van der Waals surface area contributed by atoms with E-state index in [0.29, 0.717) is 5.92 Å². The second-order valence-electron chi connectivity index (χ2n) is 4.47. The van der Waals surface area contributed by atoms with Crippen LogP contribution in [0.15, 0.2) is 0 Å². The van der Waals surface area contributed by atoms with Crippen LogP contribution in [0.4, 0.5) is 0 Å². The third-order valence-electron chi connectivity index (χ3n) is 3.11. The lowest BCUT2D eigenvalue weighted by Crippen LogP contribution is -2.19. The van der Waals surface area contributed by atoms with Gasteiger partial charge < -0.3 is 5.32 Å². The summed E-state index contributed by atoms with van der Waals surface area (Å²) in [5, 5.41) is 15.2. The van der Waals surface area contributed by atoms with E-state index in [0.717, 1.165) is 25.5 Å². The lowest BCUT2D eigenvalue weighted by Gasteiger charge is -2.14. The van der Waals surface area contributed by atoms with Crippen LogP contribution in [0.5, 0.6) is 0 Å². The Morgan fingerprint density at radius 2 is 2.12 bits per heavy atom. The van der Waals surface area contributed by atoms with E-state index in [2.05, 4.69) is 41.6 Å². The molecule has 0 aliphatic heterocycles. The Bertz CT molecular complexity index is 297. The predicted molar refractivity (Wildman–Crippen MR) is 68.5 cm³/mol. The molecule has 0 saturated carbocycles. The maximum Gasteiger partial charge on any atom is 0.165 e. The summed E-state index contributed by atoms with van der Waals surface area (Å²) >= 11 is 0. The van der Waals surface area contributed by atoms with Crippen LogP contribution in [0.25, 0.3) is 0 Å². The second kappa shape index (κ2) is 8.17. The van der Waals surface area contributed by atoms with Gasteiger partial charge in [-0.2, -0.15) is 0 Å². The zero-order valence-corrected chi connectivity index (χ0v) is 11.3. The van der Waals surface area contributed by atoms with Crippen LogP contribution in [0.3, 0.4) is 0 Å². The molecule has 0 aromatic carbocycles. The smallest absolute Gasteiger partial charge is 0.165 e. The number of hydrogen-bond donors (Lipinski definition) is 1. The molecule has 1 N–H and O–H groups in total. The standard InChI is InChI=1S/C12H25N5/c1-4-7-8-11(5-2)10-17-12(9-13-6-3)14-15-16-17/h11,13H,4-10H2,1-3H3. The Labute approximate surface area is 104 Å². The van der Waals surface area contributed by atoms with E-state index in [9.17, 15) is 0 Å². The largest absolute Gasteiger partial charge is 0.310 e. The van der Waals surface area contributed by atoms with Gasteiger partial charge in [0.15, 0.2) is 5.82 Å². The van der Waals surface area contributed by atoms with Crippen LogP contribution in [0.2, 0.25) is 0 Å². The van der Waals surface area contributed by atoms with Crippen LogP contribution < -0.4 is 5.32 Å². The van der Waals surface area contributed by atoms with E-state index in [1.54, 1.807) is 0 Å². The summed E-state index contributed by atoms with van der Waals surface area (Å²) in [6.07, 6.45) is 5.02. The van der Waals surface area contributed by atoms with Crippen LogP contribution in [-0.2, 0) is 13.1 Å². The second-order valence-corrected chi connectivity index (χ2v) is 4.47. The van der Waals surface area contributed by atoms with Gasteiger partial charge in [-0.3, -0.25) is 0 Å². The first-order valence-electron chi connectivity index (χ1n) is 6.77. The molecule has 98 valence electrons. The van der Waals surface area contributed by atoms with Crippen LogP contribution >= 0.6 is 0 Å². The first kappa shape index (κ1) is 14.1. The molecule has 0 aliphatic carbocycles. The van der Waals surface area contributed by atoms with Crippen molar-refractivity contribution in [3.8, 4) is 0 Å². The van der Waals surface area contributed by atoms with Crippen molar-refractivity contribution in [2.24, 2.45) is 5.92 Å². The molecule has 1 aromatic rings. The average molecular weight is 239 g/mol. The van der Waals surface area contributed by atoms with E-state index >= 15 is 0 Å². The van der Waals surface area contributed by atoms with E-state index in [-0.39, 0.29) is 0 Å². The minimum Gasteiger partial charge on any atom is -0.310 e. The fourth-order valence-corrected chi connectivity index (χ4v) is 1.89. The normalized spacial score (nSPS) is 12.9. The van der Waals surface area contributed by atoms with Gasteiger partial charge in [0, 0.05) is 6.54 Å². The summed E-state index contributed by atoms with van der Waals surface area (Å²) in [4.78, 5) is 0. The quantitative estimate of drug-likeness (QED) is 0.716. The highest BCUT2D eigenvalue weighted by Gasteiger charge is 2.11. The molecule has 0 bridgehead atoms. The Morgan fingerprint density at radius 3 is 2.76 bits per heavy atom. The van der Waals surface area contributed by atoms with Gasteiger partial charge in [0.25, 0.3) is 0 Å². The molecule has 1 unspecified atom stereocenters. The molecule has 1 rings (SSSR count). The first-order chi connectivity index (χ1) is 8.31. The highest BCUT2D eigenvalue weighted by atomic mass is 15.5. The monoisotopic (exact) mass is 239 g/mol. The maximum absolute atomic E-state index is 4.08. The molecule has 1 atom stereocenters. The van der Waals surface area contributed by atoms with Crippen LogP contribution in [0, 0.1) is 5.92 Å². The number of nitrogens with zero attached hydrogens (tertiary/aromatic N) is 4. The number of rotatable bonds is 9. The number of aromatic nitrogens is 4. The predicted octanol–water partition coefficient (Wildman–Crippen LogP) is 2.00. The lowest BCUT2D eigenvalue weighted by atomic mass is 9.99. The average Bonchev–Trinajstić information content (AvgIpc) is 2.79. The van der Waals surface area contributed by atoms with Crippen molar-refractivity contribution in [1.82, 2.24) is 25.5 Å². The molecule has 0 saturated heterocycles. The summed E-state index contributed by atoms with van der Waals surface area (Å²) in [6, 6.07) is 0. The molecule has 0 aliphatic rings. The van der Waals surface area contributed by atoms with Gasteiger partial charge in [-0.05, 0) is 29.3 Å². The minimum atomic E-state index is 0.693. The molecule has 1 aromatic heterocycles. The zero-order chi connectivity index (χ0) is 12.5. The van der Waals surface area contributed by atoms with Crippen molar-refractivity contribution < 1.29 is 0 Å². The third kappa shape index (κ3) is 4.81. The van der Waals surface area contributed by atoms with Gasteiger partial charge in [0.1, 0.15) is 0 Å².